The summed E-state index contributed by atoms with van der Waals surface area (Å²) in [6.45, 7) is 0. The summed E-state index contributed by atoms with van der Waals surface area (Å²) in [6.07, 6.45) is 2.72. The molecule has 0 aliphatic rings. The Hall–Kier alpha value is -4.33. The summed E-state index contributed by atoms with van der Waals surface area (Å²) in [5.41, 5.74) is 20.1. The maximum atomic E-state index is 10.8. The molecule has 0 radical (unpaired) electrons. The lowest BCUT2D eigenvalue weighted by Crippen LogP contribution is -2.43. The summed E-state index contributed by atoms with van der Waals surface area (Å²) in [5, 5.41) is 21.0. The highest BCUT2D eigenvalue weighted by Gasteiger charge is 2.12. The number of carboxylic acid groups (broad SMARTS) is 2. The van der Waals surface area contributed by atoms with E-state index in [-0.39, 0.29) is 28.9 Å². The molecule has 11 N–H and O–H groups in total. The van der Waals surface area contributed by atoms with Crippen LogP contribution in [0.2, 0.25) is 0 Å². The number of aliphatic carboxylic acids is 2. The van der Waals surface area contributed by atoms with E-state index in [1.165, 1.54) is 24.5 Å². The first kappa shape index (κ1) is 22.7. The number of hydrogen-bond donors (Lipinski definition) is 4. The molecule has 0 bridgehead atoms. The molecular weight excluding hydrogens is 364 g/mol. The molecule has 2 aromatic rings. The third-order valence-corrected chi connectivity index (χ3v) is 2.58. The van der Waals surface area contributed by atoms with Gasteiger partial charge in [0.2, 0.25) is 11.6 Å². The normalized spacial score (nSPS) is 10.0. The largest absolute Gasteiger partial charge is 0.545 e. The first-order valence-electron chi connectivity index (χ1n) is 6.63. The van der Waals surface area contributed by atoms with Gasteiger partial charge in [-0.2, -0.15) is 4.57 Å². The van der Waals surface area contributed by atoms with Gasteiger partial charge in [-0.15, -0.1) is 0 Å². The Morgan fingerprint density at radius 2 is 1.52 bits per heavy atom. The molecule has 27 heavy (non-hydrogen) atoms. The number of carbonyl (C=O) groups is 3. The molecule has 2 aromatic heterocycles. The van der Waals surface area contributed by atoms with Crippen molar-refractivity contribution < 1.29 is 39.6 Å². The summed E-state index contributed by atoms with van der Waals surface area (Å²) in [4.78, 5) is 41.3. The average molecular weight is 380 g/mol. The van der Waals surface area contributed by atoms with Gasteiger partial charge < -0.3 is 48.2 Å². The first-order valence-corrected chi connectivity index (χ1v) is 6.63. The zero-order valence-electron chi connectivity index (χ0n) is 13.6. The number of carboxylic acids is 2. The van der Waals surface area contributed by atoms with E-state index < -0.39 is 23.5 Å². The van der Waals surface area contributed by atoms with Crippen molar-refractivity contribution in [1.29, 1.82) is 0 Å². The molecule has 0 aliphatic carbocycles. The summed E-state index contributed by atoms with van der Waals surface area (Å²) < 4.78 is 0.956. The Balaban J connectivity index is 0.000000572. The monoisotopic (exact) mass is 380 g/mol. The van der Waals surface area contributed by atoms with Crippen LogP contribution >= 0.6 is 0 Å². The smallest absolute Gasteiger partial charge is 0.320 e. The second-order valence-corrected chi connectivity index (χ2v) is 4.47. The van der Waals surface area contributed by atoms with Gasteiger partial charge >= 0.3 is 17.8 Å². The average Bonchev–Trinajstić information content (AvgIpc) is 2.51. The second kappa shape index (κ2) is 9.84. The predicted molar refractivity (Wildman–Crippen MR) is 84.9 cm³/mol. The van der Waals surface area contributed by atoms with Gasteiger partial charge in [0, 0.05) is 18.2 Å². The minimum atomic E-state index is -1.69. The number of aromatic amines is 1. The minimum Gasteiger partial charge on any atom is -0.545 e. The van der Waals surface area contributed by atoms with Crippen LogP contribution in [0.1, 0.15) is 10.4 Å². The van der Waals surface area contributed by atoms with E-state index in [1.807, 2.05) is 0 Å². The van der Waals surface area contributed by atoms with Crippen LogP contribution in [0.15, 0.2) is 30.6 Å². The molecule has 2 rings (SSSR count). The number of amides is 1. The quantitative estimate of drug-likeness (QED) is 0.287. The number of H-pyrrole nitrogens is 1. The first-order chi connectivity index (χ1) is 12.1. The van der Waals surface area contributed by atoms with Gasteiger partial charge in [-0.1, -0.05) is 9.97 Å². The molecule has 1 amide bonds. The molecule has 0 saturated carbocycles. The molecule has 0 atom stereocenters. The Kier molecular flexibility index (Phi) is 8.26. The van der Waals surface area contributed by atoms with Crippen LogP contribution in [0.4, 0.5) is 17.8 Å². The minimum absolute atomic E-state index is 0. The number of carbonyl (C=O) groups excluding carboxylic acids is 3. The Morgan fingerprint density at radius 3 is 1.85 bits per heavy atom. The summed E-state index contributed by atoms with van der Waals surface area (Å²) in [6, 6.07) is 2.49. The van der Waals surface area contributed by atoms with Crippen molar-refractivity contribution in [1.82, 2.24) is 9.97 Å². The number of primary amides is 1. The number of nitrogens with one attached hydrogen (secondary N) is 1. The highest BCUT2D eigenvalue weighted by atomic mass is 16.4. The second-order valence-electron chi connectivity index (χ2n) is 4.47. The van der Waals surface area contributed by atoms with E-state index in [1.54, 1.807) is 0 Å². The Bertz CT molecular complexity index is 817. The summed E-state index contributed by atoms with van der Waals surface area (Å²) >= 11 is 0. The fourth-order valence-corrected chi connectivity index (χ4v) is 1.56. The van der Waals surface area contributed by atoms with Crippen molar-refractivity contribution in [2.24, 2.45) is 5.73 Å². The van der Waals surface area contributed by atoms with Crippen LogP contribution in [0.5, 0.6) is 0 Å². The number of nitrogens with zero attached hydrogens (tertiary/aromatic N) is 3. The standard InChI is InChI=1S/C10H8N2O5.C3H6N6.H2O/c11-9(15)6-1-3-12(4-2-6)7(10(16)17)5-8(13)14;4-1-7-2(5)9-3(6)8-1;/h1-5H,(H3-,11,13,14,15,16,17);(H6,4,5,6,7,8,9);1H2/b7-5-;;. The van der Waals surface area contributed by atoms with Crippen LogP contribution in [-0.4, -0.2) is 33.3 Å². The summed E-state index contributed by atoms with van der Waals surface area (Å²) in [5.74, 6) is -3.64. The fraction of sp³-hybridized carbons (Fsp3) is 0. The third-order valence-electron chi connectivity index (χ3n) is 2.58. The van der Waals surface area contributed by atoms with Gasteiger partial charge in [0.15, 0.2) is 12.4 Å². The molecule has 14 nitrogen and oxygen atoms in total. The van der Waals surface area contributed by atoms with Crippen molar-refractivity contribution in [3.05, 3.63) is 36.2 Å². The van der Waals surface area contributed by atoms with Crippen molar-refractivity contribution >= 4 is 41.4 Å². The van der Waals surface area contributed by atoms with Crippen LogP contribution < -0.4 is 42.7 Å². The summed E-state index contributed by atoms with van der Waals surface area (Å²) in [7, 11) is 0. The molecular formula is C13H16N8O6. The van der Waals surface area contributed by atoms with Gasteiger partial charge in [0.1, 0.15) is 5.97 Å². The van der Waals surface area contributed by atoms with Crippen molar-refractivity contribution in [3.8, 4) is 0 Å². The van der Waals surface area contributed by atoms with Gasteiger partial charge in [-0.05, 0) is 0 Å². The van der Waals surface area contributed by atoms with Gasteiger partial charge in [-0.3, -0.25) is 4.79 Å². The molecule has 144 valence electrons. The maximum Gasteiger partial charge on any atom is 0.320 e. The number of rotatable bonds is 4. The van der Waals surface area contributed by atoms with Crippen LogP contribution in [-0.2, 0) is 9.59 Å². The third kappa shape index (κ3) is 7.40. The van der Waals surface area contributed by atoms with Crippen molar-refractivity contribution in [3.63, 3.8) is 0 Å². The van der Waals surface area contributed by atoms with E-state index in [4.69, 9.17) is 22.9 Å². The highest BCUT2D eigenvalue weighted by molar-refractivity contribution is 6.08. The number of anilines is 3. The lowest BCUT2D eigenvalue weighted by molar-refractivity contribution is -0.582. The lowest BCUT2D eigenvalue weighted by Gasteiger charge is -2.03. The topological polar surface area (TPSA) is 277 Å². The number of pyridine rings is 1. The molecule has 0 fully saturated rings. The van der Waals surface area contributed by atoms with Crippen LogP contribution in [0, 0.1) is 0 Å². The molecule has 14 heteroatoms. The van der Waals surface area contributed by atoms with E-state index >= 15 is 0 Å². The zero-order valence-corrected chi connectivity index (χ0v) is 13.6. The van der Waals surface area contributed by atoms with E-state index in [9.17, 15) is 24.6 Å². The molecule has 0 saturated heterocycles. The molecule has 2 heterocycles. The molecule has 0 unspecified atom stereocenters. The lowest BCUT2D eigenvalue weighted by atomic mass is 10.2. The maximum absolute atomic E-state index is 10.8. The Labute approximate surface area is 151 Å². The van der Waals surface area contributed by atoms with Crippen molar-refractivity contribution in [2.45, 2.75) is 0 Å². The number of hydrogen-bond acceptors (Lipinski definition) is 10. The molecule has 0 spiro atoms. The van der Waals surface area contributed by atoms with E-state index in [0.717, 1.165) is 4.57 Å². The fourth-order valence-electron chi connectivity index (χ4n) is 1.56. The zero-order chi connectivity index (χ0) is 19.9. The van der Waals surface area contributed by atoms with Crippen molar-refractivity contribution in [2.75, 3.05) is 17.2 Å². The molecule has 0 aliphatic heterocycles. The number of aromatic nitrogens is 4. The van der Waals surface area contributed by atoms with Gasteiger partial charge in [0.05, 0.1) is 11.5 Å². The van der Waals surface area contributed by atoms with E-state index in [2.05, 4.69) is 15.0 Å². The van der Waals surface area contributed by atoms with Gasteiger partial charge in [0.25, 0.3) is 0 Å². The number of nitrogens with two attached hydrogens (primary N) is 4. The van der Waals surface area contributed by atoms with Crippen LogP contribution in [0.25, 0.3) is 5.70 Å². The van der Waals surface area contributed by atoms with E-state index in [0.29, 0.717) is 6.08 Å². The van der Waals surface area contributed by atoms with Gasteiger partial charge in [-0.25, -0.2) is 4.98 Å². The Morgan fingerprint density at radius 1 is 1.04 bits per heavy atom. The molecule has 0 aromatic carbocycles. The predicted octanol–water partition coefficient (Wildman–Crippen LogP) is -6.37. The number of nitrogen functional groups attached to an aromatic ring is 3. The SMILES string of the molecule is NC(=O)c1cc[n+](/C(=C\C(=O)[O-])C(=O)[O-])cc1.Nc1nc(N)[nH+]c(N)n1.O. The highest BCUT2D eigenvalue weighted by Crippen LogP contribution is 1.97. The van der Waals surface area contributed by atoms with Crippen LogP contribution in [0.3, 0.4) is 0 Å².